The molecule has 0 fully saturated rings. The van der Waals surface area contributed by atoms with Crippen molar-refractivity contribution in [2.75, 3.05) is 0 Å². The van der Waals surface area contributed by atoms with Gasteiger partial charge in [0.2, 0.25) is 0 Å². The van der Waals surface area contributed by atoms with Crippen molar-refractivity contribution in [1.82, 2.24) is 5.32 Å². The first kappa shape index (κ1) is 17.0. The Labute approximate surface area is 139 Å². The summed E-state index contributed by atoms with van der Waals surface area (Å²) < 4.78 is 0. The number of nitrogens with zero attached hydrogens (tertiary/aromatic N) is 1. The van der Waals surface area contributed by atoms with Crippen molar-refractivity contribution in [2.24, 2.45) is 0 Å². The quantitative estimate of drug-likeness (QED) is 0.642. The fraction of sp³-hybridized carbons (Fsp3) is 0.235. The Hall–Kier alpha value is -2.40. The van der Waals surface area contributed by atoms with E-state index in [4.69, 9.17) is 11.6 Å². The van der Waals surface area contributed by atoms with E-state index in [1.165, 1.54) is 23.8 Å². The Balaban J connectivity index is 1.96. The average Bonchev–Trinajstić information content (AvgIpc) is 2.54. The molecule has 0 aliphatic heterocycles. The molecule has 1 unspecified atom stereocenters. The van der Waals surface area contributed by atoms with Gasteiger partial charge in [0.05, 0.1) is 4.92 Å². The van der Waals surface area contributed by atoms with Crippen LogP contribution in [-0.2, 0) is 6.42 Å². The molecule has 2 aromatic rings. The average molecular weight is 333 g/mol. The Morgan fingerprint density at radius 2 is 1.96 bits per heavy atom. The van der Waals surface area contributed by atoms with Gasteiger partial charge in [0, 0.05) is 17.7 Å². The van der Waals surface area contributed by atoms with Crippen LogP contribution in [0.15, 0.2) is 48.5 Å². The number of aryl methyl sites for hydroxylation is 1. The Morgan fingerprint density at radius 3 is 2.61 bits per heavy atom. The number of hydrogen-bond donors (Lipinski definition) is 1. The zero-order valence-electron chi connectivity index (χ0n) is 12.7. The lowest BCUT2D eigenvalue weighted by Crippen LogP contribution is -2.32. The summed E-state index contributed by atoms with van der Waals surface area (Å²) in [5.74, 6) is -0.342. The van der Waals surface area contributed by atoms with Crippen molar-refractivity contribution in [2.45, 2.75) is 25.8 Å². The van der Waals surface area contributed by atoms with Gasteiger partial charge in [-0.2, -0.15) is 0 Å². The number of nitro groups is 1. The summed E-state index contributed by atoms with van der Waals surface area (Å²) in [6.07, 6.45) is 1.63. The summed E-state index contributed by atoms with van der Waals surface area (Å²) in [7, 11) is 0. The van der Waals surface area contributed by atoms with Crippen molar-refractivity contribution in [1.29, 1.82) is 0 Å². The highest BCUT2D eigenvalue weighted by molar-refractivity contribution is 6.32. The van der Waals surface area contributed by atoms with E-state index < -0.39 is 4.92 Å². The second kappa shape index (κ2) is 7.74. The summed E-state index contributed by atoms with van der Waals surface area (Å²) >= 11 is 5.75. The van der Waals surface area contributed by atoms with Gasteiger partial charge < -0.3 is 5.32 Å². The number of halogens is 1. The fourth-order valence-electron chi connectivity index (χ4n) is 2.20. The first-order valence-electron chi connectivity index (χ1n) is 7.26. The van der Waals surface area contributed by atoms with E-state index in [0.29, 0.717) is 0 Å². The van der Waals surface area contributed by atoms with E-state index in [0.717, 1.165) is 12.8 Å². The van der Waals surface area contributed by atoms with E-state index >= 15 is 0 Å². The van der Waals surface area contributed by atoms with Crippen LogP contribution >= 0.6 is 11.6 Å². The standard InChI is InChI=1S/C17H17ClN2O3/c1-12(7-8-13-5-3-2-4-6-13)19-17(21)14-9-10-15(18)16(11-14)20(22)23/h2-6,9-12H,7-8H2,1H3,(H,19,21). The minimum absolute atomic E-state index is 0.0173. The highest BCUT2D eigenvalue weighted by Gasteiger charge is 2.17. The second-order valence-corrected chi connectivity index (χ2v) is 5.73. The third kappa shape index (κ3) is 4.79. The maximum atomic E-state index is 12.2. The van der Waals surface area contributed by atoms with E-state index in [9.17, 15) is 14.9 Å². The van der Waals surface area contributed by atoms with Gasteiger partial charge in [0.1, 0.15) is 5.02 Å². The number of amides is 1. The van der Waals surface area contributed by atoms with Gasteiger partial charge in [-0.25, -0.2) is 0 Å². The van der Waals surface area contributed by atoms with Gasteiger partial charge in [-0.1, -0.05) is 41.9 Å². The van der Waals surface area contributed by atoms with Gasteiger partial charge in [-0.05, 0) is 37.5 Å². The topological polar surface area (TPSA) is 72.2 Å². The van der Waals surface area contributed by atoms with Gasteiger partial charge in [-0.3, -0.25) is 14.9 Å². The maximum Gasteiger partial charge on any atom is 0.288 e. The first-order chi connectivity index (χ1) is 11.0. The molecule has 0 aliphatic carbocycles. The Morgan fingerprint density at radius 1 is 1.26 bits per heavy atom. The molecule has 0 radical (unpaired) electrons. The molecule has 5 nitrogen and oxygen atoms in total. The third-order valence-corrected chi connectivity index (χ3v) is 3.81. The molecule has 0 heterocycles. The van der Waals surface area contributed by atoms with Crippen LogP contribution < -0.4 is 5.32 Å². The molecule has 1 amide bonds. The minimum Gasteiger partial charge on any atom is -0.350 e. The number of carbonyl (C=O) groups is 1. The molecule has 0 aliphatic rings. The molecule has 1 atom stereocenters. The molecule has 120 valence electrons. The smallest absolute Gasteiger partial charge is 0.288 e. The predicted octanol–water partition coefficient (Wildman–Crippen LogP) is 4.00. The van der Waals surface area contributed by atoms with Gasteiger partial charge in [-0.15, -0.1) is 0 Å². The summed E-state index contributed by atoms with van der Waals surface area (Å²) in [6, 6.07) is 14.0. The second-order valence-electron chi connectivity index (χ2n) is 5.32. The normalized spacial score (nSPS) is 11.7. The van der Waals surface area contributed by atoms with E-state index in [1.54, 1.807) is 0 Å². The Bertz CT molecular complexity index is 704. The predicted molar refractivity (Wildman–Crippen MR) is 89.8 cm³/mol. The summed E-state index contributed by atoms with van der Waals surface area (Å²) in [5, 5.41) is 13.7. The largest absolute Gasteiger partial charge is 0.350 e. The molecule has 1 N–H and O–H groups in total. The van der Waals surface area contributed by atoms with E-state index in [-0.39, 0.29) is 28.2 Å². The molecular formula is C17H17ClN2O3. The van der Waals surface area contributed by atoms with Crippen molar-refractivity contribution < 1.29 is 9.72 Å². The van der Waals surface area contributed by atoms with Crippen LogP contribution in [-0.4, -0.2) is 16.9 Å². The summed E-state index contributed by atoms with van der Waals surface area (Å²) in [5.41, 5.74) is 1.17. The zero-order valence-corrected chi connectivity index (χ0v) is 13.4. The van der Waals surface area contributed by atoms with Crippen molar-refractivity contribution in [3.05, 3.63) is 74.8 Å². The van der Waals surface area contributed by atoms with Gasteiger partial charge in [0.25, 0.3) is 11.6 Å². The van der Waals surface area contributed by atoms with Crippen molar-refractivity contribution in [3.8, 4) is 0 Å². The molecule has 2 aromatic carbocycles. The lowest BCUT2D eigenvalue weighted by molar-refractivity contribution is -0.384. The van der Waals surface area contributed by atoms with Crippen molar-refractivity contribution in [3.63, 3.8) is 0 Å². The number of nitro benzene ring substituents is 1. The number of benzene rings is 2. The highest BCUT2D eigenvalue weighted by Crippen LogP contribution is 2.25. The summed E-state index contributed by atoms with van der Waals surface area (Å²) in [6.45, 7) is 1.91. The molecule has 0 saturated heterocycles. The molecule has 6 heteroatoms. The Kier molecular flexibility index (Phi) is 5.71. The van der Waals surface area contributed by atoms with Crippen LogP contribution in [0.1, 0.15) is 29.3 Å². The molecule has 0 spiro atoms. The van der Waals surface area contributed by atoms with Crippen LogP contribution in [0.25, 0.3) is 0 Å². The van der Waals surface area contributed by atoms with Crippen LogP contribution in [0.4, 0.5) is 5.69 Å². The van der Waals surface area contributed by atoms with Crippen LogP contribution in [0.2, 0.25) is 5.02 Å². The SMILES string of the molecule is CC(CCc1ccccc1)NC(=O)c1ccc(Cl)c([N+](=O)[O-])c1. The monoisotopic (exact) mass is 332 g/mol. The highest BCUT2D eigenvalue weighted by atomic mass is 35.5. The molecular weight excluding hydrogens is 316 g/mol. The first-order valence-corrected chi connectivity index (χ1v) is 7.64. The van der Waals surface area contributed by atoms with Gasteiger partial charge in [0.15, 0.2) is 0 Å². The number of hydrogen-bond acceptors (Lipinski definition) is 3. The van der Waals surface area contributed by atoms with Crippen LogP contribution in [0.5, 0.6) is 0 Å². The number of carbonyl (C=O) groups excluding carboxylic acids is 1. The van der Waals surface area contributed by atoms with E-state index in [2.05, 4.69) is 5.32 Å². The molecule has 0 saturated carbocycles. The molecule has 0 bridgehead atoms. The maximum absolute atomic E-state index is 12.2. The van der Waals surface area contributed by atoms with Crippen LogP contribution in [0, 0.1) is 10.1 Å². The van der Waals surface area contributed by atoms with Crippen molar-refractivity contribution >= 4 is 23.2 Å². The summed E-state index contributed by atoms with van der Waals surface area (Å²) in [4.78, 5) is 22.4. The van der Waals surface area contributed by atoms with E-state index in [1.807, 2.05) is 37.3 Å². The third-order valence-electron chi connectivity index (χ3n) is 3.49. The molecule has 2 rings (SSSR count). The number of rotatable bonds is 6. The number of nitrogens with one attached hydrogen (secondary N) is 1. The van der Waals surface area contributed by atoms with Gasteiger partial charge >= 0.3 is 0 Å². The van der Waals surface area contributed by atoms with Crippen LogP contribution in [0.3, 0.4) is 0 Å². The molecule has 23 heavy (non-hydrogen) atoms. The lowest BCUT2D eigenvalue weighted by Gasteiger charge is -2.14. The fourth-order valence-corrected chi connectivity index (χ4v) is 2.39. The lowest BCUT2D eigenvalue weighted by atomic mass is 10.1. The minimum atomic E-state index is -0.599. The zero-order chi connectivity index (χ0) is 16.8. The molecule has 0 aromatic heterocycles.